The van der Waals surface area contributed by atoms with Crippen LogP contribution < -0.4 is 15.5 Å². The number of carbonyl (C=O) groups excluding carboxylic acids is 3. The number of esters is 1. The Bertz CT molecular complexity index is 935. The average Bonchev–Trinajstić information content (AvgIpc) is 2.71. The van der Waals surface area contributed by atoms with Crippen molar-refractivity contribution in [2.24, 2.45) is 0 Å². The predicted octanol–water partition coefficient (Wildman–Crippen LogP) is 2.08. The molecule has 2 aromatic carbocycles. The molecule has 10 heteroatoms. The normalized spacial score (nSPS) is 10.2. The summed E-state index contributed by atoms with van der Waals surface area (Å²) < 4.78 is 44.3. The smallest absolute Gasteiger partial charge is 0.338 e. The van der Waals surface area contributed by atoms with Gasteiger partial charge in [0.1, 0.15) is 0 Å². The first-order valence-electron chi connectivity index (χ1n) is 8.33. The van der Waals surface area contributed by atoms with Gasteiger partial charge in [0.25, 0.3) is 5.91 Å². The summed E-state index contributed by atoms with van der Waals surface area (Å²) in [5, 5.41) is 4.15. The molecule has 29 heavy (non-hydrogen) atoms. The molecule has 154 valence electrons. The van der Waals surface area contributed by atoms with Gasteiger partial charge in [0.05, 0.1) is 17.8 Å². The Morgan fingerprint density at radius 3 is 2.41 bits per heavy atom. The van der Waals surface area contributed by atoms with Gasteiger partial charge in [-0.1, -0.05) is 6.07 Å². The van der Waals surface area contributed by atoms with Crippen LogP contribution in [0.1, 0.15) is 10.4 Å². The van der Waals surface area contributed by atoms with Gasteiger partial charge in [0.2, 0.25) is 5.91 Å². The highest BCUT2D eigenvalue weighted by Crippen LogP contribution is 2.19. The second-order valence-corrected chi connectivity index (χ2v) is 6.07. The van der Waals surface area contributed by atoms with Crippen molar-refractivity contribution in [1.82, 2.24) is 5.32 Å². The second-order valence-electron chi connectivity index (χ2n) is 6.07. The summed E-state index contributed by atoms with van der Waals surface area (Å²) in [4.78, 5) is 37.2. The van der Waals surface area contributed by atoms with Gasteiger partial charge in [-0.25, -0.2) is 18.0 Å². The summed E-state index contributed by atoms with van der Waals surface area (Å²) in [6.45, 7) is -1.23. The Labute approximate surface area is 164 Å². The van der Waals surface area contributed by atoms with Crippen LogP contribution in [0, 0.1) is 17.5 Å². The molecule has 7 nitrogen and oxygen atoms in total. The van der Waals surface area contributed by atoms with Crippen molar-refractivity contribution < 1.29 is 32.3 Å². The van der Waals surface area contributed by atoms with E-state index >= 15 is 0 Å². The zero-order chi connectivity index (χ0) is 21.6. The lowest BCUT2D eigenvalue weighted by Crippen LogP contribution is -2.35. The summed E-state index contributed by atoms with van der Waals surface area (Å²) in [6, 6.07) is 8.06. The van der Waals surface area contributed by atoms with Crippen LogP contribution in [0.5, 0.6) is 0 Å². The van der Waals surface area contributed by atoms with Crippen LogP contribution in [0.25, 0.3) is 0 Å². The van der Waals surface area contributed by atoms with E-state index in [4.69, 9.17) is 4.74 Å². The van der Waals surface area contributed by atoms with E-state index in [1.807, 2.05) is 5.32 Å². The minimum atomic E-state index is -1.72. The summed E-state index contributed by atoms with van der Waals surface area (Å²) >= 11 is 0. The molecular formula is C19H18F3N3O4. The molecule has 0 aliphatic rings. The molecule has 2 N–H and O–H groups in total. The molecule has 2 amide bonds. The van der Waals surface area contributed by atoms with Crippen LogP contribution in [0.4, 0.5) is 24.5 Å². The fourth-order valence-electron chi connectivity index (χ4n) is 2.17. The van der Waals surface area contributed by atoms with Crippen LogP contribution in [-0.2, 0) is 14.3 Å². The zero-order valence-electron chi connectivity index (χ0n) is 15.6. The number of nitrogens with one attached hydrogen (secondary N) is 2. The number of hydrogen-bond donors (Lipinski definition) is 2. The molecule has 0 bridgehead atoms. The molecule has 0 atom stereocenters. The third-order valence-corrected chi connectivity index (χ3v) is 3.69. The van der Waals surface area contributed by atoms with E-state index in [2.05, 4.69) is 5.32 Å². The molecule has 0 heterocycles. The number of ether oxygens (including phenoxy) is 1. The first kappa shape index (κ1) is 21.7. The van der Waals surface area contributed by atoms with E-state index < -0.39 is 54.1 Å². The first-order chi connectivity index (χ1) is 13.7. The topological polar surface area (TPSA) is 87.7 Å². The Hall–Kier alpha value is -3.56. The average molecular weight is 409 g/mol. The second kappa shape index (κ2) is 9.58. The molecule has 0 radical (unpaired) electrons. The number of nitrogens with zero attached hydrogens (tertiary/aromatic N) is 1. The number of benzene rings is 2. The van der Waals surface area contributed by atoms with Gasteiger partial charge in [0, 0.05) is 19.8 Å². The van der Waals surface area contributed by atoms with Crippen LogP contribution in [0.15, 0.2) is 36.4 Å². The van der Waals surface area contributed by atoms with E-state index in [1.165, 1.54) is 6.07 Å². The number of halogens is 3. The Balaban J connectivity index is 1.81. The molecular weight excluding hydrogens is 391 g/mol. The zero-order valence-corrected chi connectivity index (χ0v) is 15.6. The maximum absolute atomic E-state index is 13.5. The van der Waals surface area contributed by atoms with Crippen molar-refractivity contribution in [2.75, 3.05) is 37.5 Å². The van der Waals surface area contributed by atoms with Gasteiger partial charge >= 0.3 is 5.97 Å². The van der Waals surface area contributed by atoms with E-state index in [0.29, 0.717) is 6.07 Å². The van der Waals surface area contributed by atoms with Gasteiger partial charge in [0.15, 0.2) is 24.1 Å². The number of rotatable bonds is 7. The highest BCUT2D eigenvalue weighted by molar-refractivity contribution is 5.95. The monoisotopic (exact) mass is 409 g/mol. The quantitative estimate of drug-likeness (QED) is 0.540. The van der Waals surface area contributed by atoms with Crippen molar-refractivity contribution in [2.45, 2.75) is 0 Å². The molecule has 0 spiro atoms. The van der Waals surface area contributed by atoms with Gasteiger partial charge in [-0.15, -0.1) is 0 Å². The molecule has 0 saturated heterocycles. The third-order valence-electron chi connectivity index (χ3n) is 3.69. The van der Waals surface area contributed by atoms with E-state index in [0.717, 1.165) is 11.8 Å². The summed E-state index contributed by atoms with van der Waals surface area (Å²) in [5.41, 5.74) is 0.441. The van der Waals surface area contributed by atoms with Gasteiger partial charge in [-0.05, 0) is 30.3 Å². The van der Waals surface area contributed by atoms with E-state index in [1.54, 1.807) is 37.2 Å². The molecule has 2 aromatic rings. The third kappa shape index (κ3) is 5.96. The molecule has 0 aliphatic carbocycles. The number of anilines is 2. The van der Waals surface area contributed by atoms with E-state index in [-0.39, 0.29) is 5.56 Å². The van der Waals surface area contributed by atoms with E-state index in [9.17, 15) is 27.6 Å². The standard InChI is InChI=1S/C19H18F3N3O4/c1-25(2)12-5-3-4-11(8-12)19(28)29-10-16(27)23-9-15(26)24-14-7-6-13(20)17(21)18(14)22/h3-8H,9-10H2,1-2H3,(H,23,27)(H,24,26). The van der Waals surface area contributed by atoms with Crippen molar-refractivity contribution in [3.63, 3.8) is 0 Å². The van der Waals surface area contributed by atoms with Crippen LogP contribution >= 0.6 is 0 Å². The minimum Gasteiger partial charge on any atom is -0.452 e. The first-order valence-corrected chi connectivity index (χ1v) is 8.33. The molecule has 0 saturated carbocycles. The van der Waals surface area contributed by atoms with Gasteiger partial charge in [-0.2, -0.15) is 0 Å². The SMILES string of the molecule is CN(C)c1cccc(C(=O)OCC(=O)NCC(=O)Nc2ccc(F)c(F)c2F)c1. The predicted molar refractivity (Wildman–Crippen MR) is 99.0 cm³/mol. The lowest BCUT2D eigenvalue weighted by molar-refractivity contribution is -0.126. The Morgan fingerprint density at radius 1 is 1.00 bits per heavy atom. The van der Waals surface area contributed by atoms with Gasteiger partial charge in [-0.3, -0.25) is 9.59 Å². The molecule has 0 unspecified atom stereocenters. The minimum absolute atomic E-state index is 0.246. The number of carbonyl (C=O) groups is 3. The lowest BCUT2D eigenvalue weighted by atomic mass is 10.2. The van der Waals surface area contributed by atoms with Crippen LogP contribution in [0.3, 0.4) is 0 Å². The maximum atomic E-state index is 13.5. The highest BCUT2D eigenvalue weighted by Gasteiger charge is 2.16. The fourth-order valence-corrected chi connectivity index (χ4v) is 2.17. The molecule has 2 rings (SSSR count). The highest BCUT2D eigenvalue weighted by atomic mass is 19.2. The molecule has 0 aliphatic heterocycles. The van der Waals surface area contributed by atoms with Crippen molar-refractivity contribution in [3.05, 3.63) is 59.4 Å². The fraction of sp³-hybridized carbons (Fsp3) is 0.211. The number of hydrogen-bond acceptors (Lipinski definition) is 5. The summed E-state index contributed by atoms with van der Waals surface area (Å²) in [5.74, 6) is -7.06. The van der Waals surface area contributed by atoms with Crippen LogP contribution in [0.2, 0.25) is 0 Å². The summed E-state index contributed by atoms with van der Waals surface area (Å²) in [7, 11) is 3.60. The van der Waals surface area contributed by atoms with Crippen molar-refractivity contribution in [1.29, 1.82) is 0 Å². The molecule has 0 fully saturated rings. The maximum Gasteiger partial charge on any atom is 0.338 e. The Kier molecular flexibility index (Phi) is 7.18. The lowest BCUT2D eigenvalue weighted by Gasteiger charge is -2.13. The largest absolute Gasteiger partial charge is 0.452 e. The van der Waals surface area contributed by atoms with Crippen LogP contribution in [-0.4, -0.2) is 45.0 Å². The van der Waals surface area contributed by atoms with Crippen molar-refractivity contribution >= 4 is 29.2 Å². The summed E-state index contributed by atoms with van der Waals surface area (Å²) in [6.07, 6.45) is 0. The van der Waals surface area contributed by atoms with Crippen molar-refractivity contribution in [3.8, 4) is 0 Å². The van der Waals surface area contributed by atoms with Gasteiger partial charge < -0.3 is 20.3 Å². The number of amides is 2. The molecule has 0 aromatic heterocycles. The Morgan fingerprint density at radius 2 is 1.72 bits per heavy atom.